The number of aromatic nitrogens is 4. The molecule has 3 rings (SSSR count). The molecule has 0 fully saturated rings. The van der Waals surface area contributed by atoms with Gasteiger partial charge in [-0.05, 0) is 25.1 Å². The molecule has 0 radical (unpaired) electrons. The molecule has 2 heterocycles. The fraction of sp³-hybridized carbons (Fsp3) is 0.250. The molecule has 3 aromatic rings. The van der Waals surface area contributed by atoms with Crippen molar-refractivity contribution in [2.45, 2.75) is 18.8 Å². The monoisotopic (exact) mass is 362 g/mol. The summed E-state index contributed by atoms with van der Waals surface area (Å²) in [5, 5.41) is 7.20. The number of benzene rings is 1. The molecule has 0 saturated carbocycles. The van der Waals surface area contributed by atoms with Crippen LogP contribution in [-0.4, -0.2) is 29.4 Å². The zero-order chi connectivity index (χ0) is 17.9. The standard InChI is InChI=1S/C12H10F3N4O4P/c1-5(24(21,22)23)9-17-18-10-11(20)16-7-4-6(12(13,14)15)2-3-8(7)19(9)10/h2-5H,1H3,(H,16,20)(H2,21,22,23). The number of nitrogens with zero attached hydrogens (tertiary/aromatic N) is 3. The van der Waals surface area contributed by atoms with Gasteiger partial charge >= 0.3 is 13.8 Å². The number of nitrogens with one attached hydrogen (secondary N) is 1. The Balaban J connectivity index is 2.39. The Labute approximate surface area is 131 Å². The predicted molar refractivity (Wildman–Crippen MR) is 76.6 cm³/mol. The van der Waals surface area contributed by atoms with Crippen LogP contribution in [0.2, 0.25) is 0 Å². The van der Waals surface area contributed by atoms with Crippen LogP contribution in [0.1, 0.15) is 24.0 Å². The summed E-state index contributed by atoms with van der Waals surface area (Å²) in [5.41, 5.74) is -3.50. The van der Waals surface area contributed by atoms with E-state index in [1.807, 2.05) is 0 Å². The van der Waals surface area contributed by atoms with E-state index >= 15 is 0 Å². The third kappa shape index (κ3) is 2.60. The summed E-state index contributed by atoms with van der Waals surface area (Å²) in [5.74, 6) is -0.214. The molecule has 3 N–H and O–H groups in total. The van der Waals surface area contributed by atoms with Crippen molar-refractivity contribution in [3.05, 3.63) is 39.9 Å². The van der Waals surface area contributed by atoms with Gasteiger partial charge < -0.3 is 14.8 Å². The molecule has 8 nitrogen and oxygen atoms in total. The number of hydrogen-bond donors (Lipinski definition) is 3. The minimum absolute atomic E-state index is 0.0953. The van der Waals surface area contributed by atoms with Crippen molar-refractivity contribution < 1.29 is 27.5 Å². The van der Waals surface area contributed by atoms with E-state index < -0.39 is 30.6 Å². The van der Waals surface area contributed by atoms with Gasteiger partial charge in [0.2, 0.25) is 5.65 Å². The summed E-state index contributed by atoms with van der Waals surface area (Å²) in [4.78, 5) is 32.9. The van der Waals surface area contributed by atoms with Crippen LogP contribution in [0.4, 0.5) is 13.2 Å². The number of rotatable bonds is 2. The van der Waals surface area contributed by atoms with Crippen molar-refractivity contribution in [3.8, 4) is 0 Å². The Hall–Kier alpha value is -2.23. The lowest BCUT2D eigenvalue weighted by atomic mass is 10.2. The van der Waals surface area contributed by atoms with Crippen molar-refractivity contribution in [2.24, 2.45) is 0 Å². The molecule has 1 aromatic carbocycles. The molecule has 1 unspecified atom stereocenters. The smallest absolute Gasteiger partial charge is 0.324 e. The maximum atomic E-state index is 12.8. The molecular formula is C12H10F3N4O4P. The third-order valence-corrected chi connectivity index (χ3v) is 4.82. The van der Waals surface area contributed by atoms with Gasteiger partial charge in [-0.3, -0.25) is 13.8 Å². The second-order valence-electron chi connectivity index (χ2n) is 5.17. The van der Waals surface area contributed by atoms with Crippen LogP contribution in [-0.2, 0) is 10.7 Å². The number of fused-ring (bicyclic) bond motifs is 3. The molecule has 12 heteroatoms. The van der Waals surface area contributed by atoms with Crippen molar-refractivity contribution in [2.75, 3.05) is 0 Å². The molecule has 0 amide bonds. The van der Waals surface area contributed by atoms with Gasteiger partial charge in [-0.2, -0.15) is 13.2 Å². The lowest BCUT2D eigenvalue weighted by Gasteiger charge is -2.13. The third-order valence-electron chi connectivity index (χ3n) is 3.58. The highest BCUT2D eigenvalue weighted by molar-refractivity contribution is 7.52. The highest BCUT2D eigenvalue weighted by Crippen LogP contribution is 2.50. The van der Waals surface area contributed by atoms with Crippen LogP contribution in [0.3, 0.4) is 0 Å². The number of aromatic amines is 1. The molecule has 0 bridgehead atoms. The van der Waals surface area contributed by atoms with E-state index in [4.69, 9.17) is 0 Å². The van der Waals surface area contributed by atoms with Gasteiger partial charge in [0.05, 0.1) is 16.6 Å². The van der Waals surface area contributed by atoms with Crippen LogP contribution in [0.5, 0.6) is 0 Å². The van der Waals surface area contributed by atoms with Gasteiger partial charge in [-0.15, -0.1) is 10.2 Å². The lowest BCUT2D eigenvalue weighted by molar-refractivity contribution is -0.137. The zero-order valence-corrected chi connectivity index (χ0v) is 12.8. The number of alkyl halides is 3. The van der Waals surface area contributed by atoms with Gasteiger partial charge in [-0.1, -0.05) is 0 Å². The second-order valence-corrected chi connectivity index (χ2v) is 7.12. The van der Waals surface area contributed by atoms with Crippen LogP contribution >= 0.6 is 7.60 Å². The average molecular weight is 362 g/mol. The van der Waals surface area contributed by atoms with E-state index in [0.717, 1.165) is 22.6 Å². The fourth-order valence-corrected chi connectivity index (χ4v) is 2.76. The predicted octanol–water partition coefficient (Wildman–Crippen LogP) is 1.83. The van der Waals surface area contributed by atoms with Crippen LogP contribution < -0.4 is 5.56 Å². The Morgan fingerprint density at radius 1 is 1.29 bits per heavy atom. The van der Waals surface area contributed by atoms with E-state index in [2.05, 4.69) is 15.2 Å². The Bertz CT molecular complexity index is 1050. The topological polar surface area (TPSA) is 121 Å². The summed E-state index contributed by atoms with van der Waals surface area (Å²) in [7, 11) is -4.59. The molecule has 0 aliphatic carbocycles. The summed E-state index contributed by atoms with van der Waals surface area (Å²) in [6.07, 6.45) is -4.60. The van der Waals surface area contributed by atoms with Gasteiger partial charge in [0.15, 0.2) is 5.82 Å². The fourth-order valence-electron chi connectivity index (χ4n) is 2.29. The van der Waals surface area contributed by atoms with Gasteiger partial charge in [0, 0.05) is 0 Å². The minimum atomic E-state index is -4.60. The largest absolute Gasteiger partial charge is 0.416 e. The maximum absolute atomic E-state index is 12.8. The number of halogens is 3. The normalized spacial score (nSPS) is 14.4. The van der Waals surface area contributed by atoms with Gasteiger partial charge in [0.25, 0.3) is 5.56 Å². The molecule has 0 spiro atoms. The first-order valence-corrected chi connectivity index (χ1v) is 8.22. The molecule has 128 valence electrons. The first kappa shape index (κ1) is 16.6. The molecular weight excluding hydrogens is 352 g/mol. The summed E-state index contributed by atoms with van der Waals surface area (Å²) in [6.45, 7) is 1.19. The summed E-state index contributed by atoms with van der Waals surface area (Å²) >= 11 is 0. The van der Waals surface area contributed by atoms with Crippen LogP contribution in [0, 0.1) is 0 Å². The van der Waals surface area contributed by atoms with Crippen molar-refractivity contribution >= 4 is 24.3 Å². The number of hydrogen-bond acceptors (Lipinski definition) is 4. The molecule has 0 saturated heterocycles. The Morgan fingerprint density at radius 3 is 2.54 bits per heavy atom. The average Bonchev–Trinajstić information content (AvgIpc) is 2.89. The molecule has 2 aromatic heterocycles. The van der Waals surface area contributed by atoms with Crippen molar-refractivity contribution in [3.63, 3.8) is 0 Å². The van der Waals surface area contributed by atoms with E-state index in [9.17, 15) is 32.3 Å². The minimum Gasteiger partial charge on any atom is -0.324 e. The van der Waals surface area contributed by atoms with E-state index in [-0.39, 0.29) is 22.5 Å². The van der Waals surface area contributed by atoms with Crippen LogP contribution in [0.25, 0.3) is 16.7 Å². The first-order chi connectivity index (χ1) is 11.0. The van der Waals surface area contributed by atoms with E-state index in [1.165, 1.54) is 6.92 Å². The zero-order valence-electron chi connectivity index (χ0n) is 11.9. The molecule has 1 atom stereocenters. The first-order valence-electron chi connectivity index (χ1n) is 6.53. The highest BCUT2D eigenvalue weighted by atomic mass is 31.2. The number of H-pyrrole nitrogens is 1. The quantitative estimate of drug-likeness (QED) is 0.598. The maximum Gasteiger partial charge on any atom is 0.416 e. The Kier molecular flexibility index (Phi) is 3.55. The van der Waals surface area contributed by atoms with Crippen molar-refractivity contribution in [1.82, 2.24) is 19.6 Å². The summed E-state index contributed by atoms with van der Waals surface area (Å²) < 4.78 is 50.9. The SMILES string of the molecule is CC(c1nnc2c(=O)[nH]c3cc(C(F)(F)F)ccc3n12)P(=O)(O)O. The highest BCUT2D eigenvalue weighted by Gasteiger charge is 2.33. The molecule has 24 heavy (non-hydrogen) atoms. The Morgan fingerprint density at radius 2 is 1.96 bits per heavy atom. The van der Waals surface area contributed by atoms with Crippen LogP contribution in [0.15, 0.2) is 23.0 Å². The van der Waals surface area contributed by atoms with E-state index in [0.29, 0.717) is 0 Å². The van der Waals surface area contributed by atoms with Gasteiger partial charge in [-0.25, -0.2) is 0 Å². The van der Waals surface area contributed by atoms with Crippen molar-refractivity contribution in [1.29, 1.82) is 0 Å². The summed E-state index contributed by atoms with van der Waals surface area (Å²) in [6, 6.07) is 2.62. The second kappa shape index (κ2) is 5.13. The molecule has 0 aliphatic heterocycles. The van der Waals surface area contributed by atoms with E-state index in [1.54, 1.807) is 0 Å². The molecule has 0 aliphatic rings. The lowest BCUT2D eigenvalue weighted by Crippen LogP contribution is -2.14. The van der Waals surface area contributed by atoms with Gasteiger partial charge in [0.1, 0.15) is 5.66 Å².